The SMILES string of the molecule is CC(C)CC(C)N(C)C(CN)C1CCC(C)O1. The number of ether oxygens (including phenoxy) is 1. The van der Waals surface area contributed by atoms with Crippen LogP contribution in [-0.4, -0.2) is 42.8 Å². The summed E-state index contributed by atoms with van der Waals surface area (Å²) in [5.41, 5.74) is 5.95. The lowest BCUT2D eigenvalue weighted by Crippen LogP contribution is -2.50. The van der Waals surface area contributed by atoms with Crippen molar-refractivity contribution in [2.24, 2.45) is 11.7 Å². The molecule has 1 heterocycles. The van der Waals surface area contributed by atoms with E-state index >= 15 is 0 Å². The molecule has 4 unspecified atom stereocenters. The maximum Gasteiger partial charge on any atom is 0.0747 e. The van der Waals surface area contributed by atoms with E-state index in [-0.39, 0.29) is 0 Å². The molecule has 102 valence electrons. The standard InChI is InChI=1S/C14H30N2O/c1-10(2)8-11(3)16(5)13(9-15)14-7-6-12(4)17-14/h10-14H,6-9,15H2,1-5H3. The van der Waals surface area contributed by atoms with Crippen LogP contribution in [-0.2, 0) is 4.74 Å². The van der Waals surface area contributed by atoms with Crippen molar-refractivity contribution in [3.63, 3.8) is 0 Å². The second-order valence-electron chi connectivity index (χ2n) is 6.01. The zero-order chi connectivity index (χ0) is 13.0. The maximum atomic E-state index is 5.97. The summed E-state index contributed by atoms with van der Waals surface area (Å²) in [6.07, 6.45) is 4.28. The van der Waals surface area contributed by atoms with E-state index in [1.54, 1.807) is 0 Å². The Morgan fingerprint density at radius 1 is 1.29 bits per heavy atom. The van der Waals surface area contributed by atoms with Gasteiger partial charge in [0.2, 0.25) is 0 Å². The van der Waals surface area contributed by atoms with E-state index in [9.17, 15) is 0 Å². The van der Waals surface area contributed by atoms with Crippen molar-refractivity contribution < 1.29 is 4.74 Å². The fourth-order valence-electron chi connectivity index (χ4n) is 2.87. The van der Waals surface area contributed by atoms with Crippen molar-refractivity contribution in [1.29, 1.82) is 0 Å². The second-order valence-corrected chi connectivity index (χ2v) is 6.01. The second kappa shape index (κ2) is 6.72. The van der Waals surface area contributed by atoms with Gasteiger partial charge in [-0.15, -0.1) is 0 Å². The summed E-state index contributed by atoms with van der Waals surface area (Å²) >= 11 is 0. The third-order valence-electron chi connectivity index (χ3n) is 3.97. The lowest BCUT2D eigenvalue weighted by atomic mass is 10.00. The summed E-state index contributed by atoms with van der Waals surface area (Å²) in [6, 6.07) is 0.941. The number of nitrogens with two attached hydrogens (primary N) is 1. The minimum Gasteiger partial charge on any atom is -0.374 e. The fraction of sp³-hybridized carbons (Fsp3) is 1.00. The van der Waals surface area contributed by atoms with Crippen LogP contribution in [0.5, 0.6) is 0 Å². The Morgan fingerprint density at radius 3 is 2.35 bits per heavy atom. The Morgan fingerprint density at radius 2 is 1.94 bits per heavy atom. The van der Waals surface area contributed by atoms with Gasteiger partial charge in [0.25, 0.3) is 0 Å². The summed E-state index contributed by atoms with van der Waals surface area (Å²) in [6.45, 7) is 9.69. The first-order valence-corrected chi connectivity index (χ1v) is 7.03. The lowest BCUT2D eigenvalue weighted by molar-refractivity contribution is -0.00874. The topological polar surface area (TPSA) is 38.5 Å². The van der Waals surface area contributed by atoms with Crippen molar-refractivity contribution >= 4 is 0 Å². The molecule has 0 radical (unpaired) electrons. The molecular weight excluding hydrogens is 212 g/mol. The zero-order valence-electron chi connectivity index (χ0n) is 12.1. The molecule has 3 heteroatoms. The molecule has 1 aliphatic rings. The molecule has 0 aromatic carbocycles. The molecule has 0 spiro atoms. The highest BCUT2D eigenvalue weighted by Gasteiger charge is 2.32. The monoisotopic (exact) mass is 242 g/mol. The van der Waals surface area contributed by atoms with Crippen LogP contribution in [0.1, 0.15) is 47.0 Å². The van der Waals surface area contributed by atoms with E-state index in [1.807, 2.05) is 0 Å². The van der Waals surface area contributed by atoms with Crippen LogP contribution in [0.3, 0.4) is 0 Å². The van der Waals surface area contributed by atoms with Crippen molar-refractivity contribution in [1.82, 2.24) is 4.90 Å². The van der Waals surface area contributed by atoms with Gasteiger partial charge in [0.15, 0.2) is 0 Å². The van der Waals surface area contributed by atoms with Gasteiger partial charge in [0.1, 0.15) is 0 Å². The molecule has 0 amide bonds. The molecule has 17 heavy (non-hydrogen) atoms. The number of likely N-dealkylation sites (N-methyl/N-ethyl adjacent to an activating group) is 1. The molecule has 2 N–H and O–H groups in total. The van der Waals surface area contributed by atoms with Crippen LogP contribution in [0, 0.1) is 5.92 Å². The number of hydrogen-bond donors (Lipinski definition) is 1. The van der Waals surface area contributed by atoms with Crippen molar-refractivity contribution in [3.05, 3.63) is 0 Å². The van der Waals surface area contributed by atoms with E-state index in [0.717, 1.165) is 12.3 Å². The van der Waals surface area contributed by atoms with Gasteiger partial charge >= 0.3 is 0 Å². The van der Waals surface area contributed by atoms with E-state index in [4.69, 9.17) is 10.5 Å². The zero-order valence-corrected chi connectivity index (χ0v) is 12.1. The lowest BCUT2D eigenvalue weighted by Gasteiger charge is -2.36. The van der Waals surface area contributed by atoms with Crippen LogP contribution in [0.4, 0.5) is 0 Å². The Kier molecular flexibility index (Phi) is 5.90. The molecule has 1 rings (SSSR count). The highest BCUT2D eigenvalue weighted by atomic mass is 16.5. The molecule has 0 aromatic rings. The van der Waals surface area contributed by atoms with E-state index in [0.29, 0.717) is 30.8 Å². The van der Waals surface area contributed by atoms with Crippen LogP contribution < -0.4 is 5.73 Å². The maximum absolute atomic E-state index is 5.97. The highest BCUT2D eigenvalue weighted by molar-refractivity contribution is 4.86. The first kappa shape index (κ1) is 14.9. The predicted octanol–water partition coefficient (Wildman–Crippen LogP) is 2.25. The van der Waals surface area contributed by atoms with Gasteiger partial charge in [-0.1, -0.05) is 13.8 Å². The Bertz CT molecular complexity index is 220. The van der Waals surface area contributed by atoms with Gasteiger partial charge in [-0.05, 0) is 46.1 Å². The Balaban J connectivity index is 2.54. The quantitative estimate of drug-likeness (QED) is 0.776. The van der Waals surface area contributed by atoms with Gasteiger partial charge in [0, 0.05) is 18.6 Å². The molecule has 3 nitrogen and oxygen atoms in total. The minimum atomic E-state index is 0.328. The van der Waals surface area contributed by atoms with Crippen LogP contribution >= 0.6 is 0 Å². The number of nitrogens with zero attached hydrogens (tertiary/aromatic N) is 1. The largest absolute Gasteiger partial charge is 0.374 e. The van der Waals surface area contributed by atoms with Gasteiger partial charge in [-0.2, -0.15) is 0 Å². The normalized spacial score (nSPS) is 28.9. The third kappa shape index (κ3) is 4.23. The van der Waals surface area contributed by atoms with Crippen molar-refractivity contribution in [2.75, 3.05) is 13.6 Å². The summed E-state index contributed by atoms with van der Waals surface area (Å²) in [5.74, 6) is 0.731. The third-order valence-corrected chi connectivity index (χ3v) is 3.97. The van der Waals surface area contributed by atoms with E-state index < -0.39 is 0 Å². The van der Waals surface area contributed by atoms with Gasteiger partial charge in [-0.25, -0.2) is 0 Å². The summed E-state index contributed by atoms with van der Waals surface area (Å²) < 4.78 is 5.97. The Hall–Kier alpha value is -0.120. The number of rotatable bonds is 6. The molecule has 1 saturated heterocycles. The average Bonchev–Trinajstić information content (AvgIpc) is 2.64. The van der Waals surface area contributed by atoms with E-state index in [2.05, 4.69) is 39.6 Å². The molecule has 1 aliphatic heterocycles. The predicted molar refractivity (Wildman–Crippen MR) is 73.1 cm³/mol. The van der Waals surface area contributed by atoms with Crippen molar-refractivity contribution in [3.8, 4) is 0 Å². The molecular formula is C14H30N2O. The molecule has 4 atom stereocenters. The molecule has 1 fully saturated rings. The van der Waals surface area contributed by atoms with Crippen LogP contribution in [0.2, 0.25) is 0 Å². The molecule has 0 saturated carbocycles. The average molecular weight is 242 g/mol. The minimum absolute atomic E-state index is 0.328. The molecule has 0 aromatic heterocycles. The smallest absolute Gasteiger partial charge is 0.0747 e. The summed E-state index contributed by atoms with van der Waals surface area (Å²) in [7, 11) is 2.19. The van der Waals surface area contributed by atoms with Crippen LogP contribution in [0.15, 0.2) is 0 Å². The fourth-order valence-corrected chi connectivity index (χ4v) is 2.87. The number of hydrogen-bond acceptors (Lipinski definition) is 3. The summed E-state index contributed by atoms with van der Waals surface area (Å²) in [5, 5.41) is 0. The molecule has 0 aliphatic carbocycles. The summed E-state index contributed by atoms with van der Waals surface area (Å²) in [4.78, 5) is 2.42. The molecule has 0 bridgehead atoms. The van der Waals surface area contributed by atoms with Crippen LogP contribution in [0.25, 0.3) is 0 Å². The van der Waals surface area contributed by atoms with Gasteiger partial charge < -0.3 is 10.5 Å². The van der Waals surface area contributed by atoms with Crippen molar-refractivity contribution in [2.45, 2.75) is 71.2 Å². The van der Waals surface area contributed by atoms with Gasteiger partial charge in [0.05, 0.1) is 12.2 Å². The first-order chi connectivity index (χ1) is 7.95. The first-order valence-electron chi connectivity index (χ1n) is 7.03. The van der Waals surface area contributed by atoms with E-state index in [1.165, 1.54) is 12.8 Å². The Labute approximate surface area is 107 Å². The van der Waals surface area contributed by atoms with Gasteiger partial charge in [-0.3, -0.25) is 4.90 Å². The highest BCUT2D eigenvalue weighted by Crippen LogP contribution is 2.25.